The number of aliphatic carboxylic acids is 1. The molecule has 0 saturated heterocycles. The van der Waals surface area contributed by atoms with Gasteiger partial charge in [0.2, 0.25) is 0 Å². The second-order valence-corrected chi connectivity index (χ2v) is 2.48. The Morgan fingerprint density at radius 1 is 1.43 bits per heavy atom. The van der Waals surface area contributed by atoms with E-state index in [1.807, 2.05) is 0 Å². The highest BCUT2D eigenvalue weighted by molar-refractivity contribution is 5.83. The number of nitrogens with one attached hydrogen (secondary N) is 1. The molecule has 14 heavy (non-hydrogen) atoms. The predicted octanol–water partition coefficient (Wildman–Crippen LogP) is -1.11. The van der Waals surface area contributed by atoms with Gasteiger partial charge in [-0.15, -0.1) is 0 Å². The van der Waals surface area contributed by atoms with Gasteiger partial charge in [-0.25, -0.2) is 4.79 Å². The van der Waals surface area contributed by atoms with Crippen LogP contribution in [0.5, 0.6) is 0 Å². The fourth-order valence-corrected chi connectivity index (χ4v) is 0.616. The first kappa shape index (κ1) is 12.2. The predicted molar refractivity (Wildman–Crippen MR) is 45.7 cm³/mol. The van der Waals surface area contributed by atoms with Crippen LogP contribution in [0.1, 0.15) is 0 Å². The molecule has 80 valence electrons. The van der Waals surface area contributed by atoms with Crippen LogP contribution >= 0.6 is 0 Å². The summed E-state index contributed by atoms with van der Waals surface area (Å²) in [6, 6.07) is -0.641. The maximum atomic E-state index is 11.0. The number of hydrogen-bond donors (Lipinski definition) is 2. The van der Waals surface area contributed by atoms with E-state index in [1.54, 1.807) is 0 Å². The van der Waals surface area contributed by atoms with Crippen molar-refractivity contribution in [3.63, 3.8) is 0 Å². The molecule has 0 rings (SSSR count). The molecular weight excluding hydrogens is 192 g/mol. The molecule has 2 N–H and O–H groups in total. The van der Waals surface area contributed by atoms with E-state index in [0.29, 0.717) is 0 Å². The van der Waals surface area contributed by atoms with Crippen LogP contribution in [0.2, 0.25) is 0 Å². The molecule has 0 saturated carbocycles. The van der Waals surface area contributed by atoms with E-state index < -0.39 is 24.5 Å². The lowest BCUT2D eigenvalue weighted by molar-refractivity contribution is -0.141. The van der Waals surface area contributed by atoms with Crippen LogP contribution in [-0.4, -0.2) is 55.2 Å². The minimum Gasteiger partial charge on any atom is -0.480 e. The Kier molecular flexibility index (Phi) is 5.05. The number of carboxylic acids is 1. The summed E-state index contributed by atoms with van der Waals surface area (Å²) in [5.41, 5.74) is 0. The van der Waals surface area contributed by atoms with Crippen LogP contribution < -0.4 is 5.32 Å². The lowest BCUT2D eigenvalue weighted by Crippen LogP contribution is -2.42. The van der Waals surface area contributed by atoms with Crippen molar-refractivity contribution in [2.24, 2.45) is 0 Å². The summed E-state index contributed by atoms with van der Waals surface area (Å²) < 4.78 is 4.32. The fraction of sp³-hybridized carbons (Fsp3) is 0.571. The molecular formula is C7H12N2O5. The summed E-state index contributed by atoms with van der Waals surface area (Å²) in [5.74, 6) is -1.72. The number of methoxy groups -OCH3 is 1. The van der Waals surface area contributed by atoms with Crippen LogP contribution in [0, 0.1) is 0 Å². The number of urea groups is 1. The number of amides is 2. The Bertz CT molecular complexity index is 240. The van der Waals surface area contributed by atoms with Gasteiger partial charge in [0.25, 0.3) is 0 Å². The van der Waals surface area contributed by atoms with Crippen LogP contribution in [0.25, 0.3) is 0 Å². The smallest absolute Gasteiger partial charge is 0.325 e. The quantitative estimate of drug-likeness (QED) is 0.566. The van der Waals surface area contributed by atoms with Crippen molar-refractivity contribution >= 4 is 18.0 Å². The second-order valence-electron chi connectivity index (χ2n) is 2.48. The summed E-state index contributed by atoms with van der Waals surface area (Å²) in [6.45, 7) is -0.702. The molecule has 0 aromatic heterocycles. The number of ether oxygens (including phenoxy) is 1. The molecule has 0 heterocycles. The molecule has 0 spiro atoms. The van der Waals surface area contributed by atoms with E-state index in [4.69, 9.17) is 5.11 Å². The highest BCUT2D eigenvalue weighted by Crippen LogP contribution is 1.85. The van der Waals surface area contributed by atoms with Crippen LogP contribution in [0.15, 0.2) is 0 Å². The van der Waals surface area contributed by atoms with Crippen LogP contribution in [-0.2, 0) is 14.3 Å². The van der Waals surface area contributed by atoms with Crippen molar-refractivity contribution in [2.75, 3.05) is 27.2 Å². The maximum Gasteiger partial charge on any atom is 0.325 e. The van der Waals surface area contributed by atoms with Crippen LogP contribution in [0.3, 0.4) is 0 Å². The molecule has 0 aliphatic heterocycles. The standard InChI is InChI=1S/C7H12N2O5/c1-9(4-6(12)14-2)7(13)8-3-5(10)11/h3-4H2,1-2H3,(H,8,13)(H,10,11). The first-order valence-electron chi connectivity index (χ1n) is 3.75. The molecule has 0 unspecified atom stereocenters. The molecule has 0 fully saturated rings. The van der Waals surface area contributed by atoms with Gasteiger partial charge in [-0.05, 0) is 0 Å². The Morgan fingerprint density at radius 2 is 2.00 bits per heavy atom. The van der Waals surface area contributed by atoms with Crippen molar-refractivity contribution in [3.05, 3.63) is 0 Å². The third kappa shape index (κ3) is 4.96. The SMILES string of the molecule is COC(=O)CN(C)C(=O)NCC(=O)O. The van der Waals surface area contributed by atoms with E-state index >= 15 is 0 Å². The van der Waals surface area contributed by atoms with Crippen LogP contribution in [0.4, 0.5) is 4.79 Å². The Balaban J connectivity index is 3.87. The number of rotatable bonds is 4. The molecule has 0 atom stereocenters. The third-order valence-corrected chi connectivity index (χ3v) is 1.33. The van der Waals surface area contributed by atoms with Crippen molar-refractivity contribution in [2.45, 2.75) is 0 Å². The summed E-state index contributed by atoms with van der Waals surface area (Å²) in [7, 11) is 2.55. The molecule has 0 aliphatic carbocycles. The van der Waals surface area contributed by atoms with E-state index in [-0.39, 0.29) is 6.54 Å². The molecule has 7 nitrogen and oxygen atoms in total. The zero-order valence-corrected chi connectivity index (χ0v) is 7.94. The summed E-state index contributed by atoms with van der Waals surface area (Å²) in [6.07, 6.45) is 0. The van der Waals surface area contributed by atoms with Crippen molar-refractivity contribution < 1.29 is 24.2 Å². The summed E-state index contributed by atoms with van der Waals surface area (Å²) >= 11 is 0. The number of hydrogen-bond acceptors (Lipinski definition) is 4. The summed E-state index contributed by atoms with van der Waals surface area (Å²) in [4.78, 5) is 32.8. The number of likely N-dealkylation sites (N-methyl/N-ethyl adjacent to an activating group) is 1. The van der Waals surface area contributed by atoms with E-state index in [9.17, 15) is 14.4 Å². The Morgan fingerprint density at radius 3 is 2.43 bits per heavy atom. The third-order valence-electron chi connectivity index (χ3n) is 1.33. The molecule has 0 aromatic rings. The second kappa shape index (κ2) is 5.79. The van der Waals surface area contributed by atoms with Gasteiger partial charge in [0, 0.05) is 7.05 Å². The van der Waals surface area contributed by atoms with Gasteiger partial charge in [-0.1, -0.05) is 0 Å². The first-order valence-corrected chi connectivity index (χ1v) is 3.75. The monoisotopic (exact) mass is 204 g/mol. The molecule has 7 heteroatoms. The minimum atomic E-state index is -1.15. The number of carbonyl (C=O) groups is 3. The van der Waals surface area contributed by atoms with Gasteiger partial charge < -0.3 is 20.1 Å². The van der Waals surface area contributed by atoms with Gasteiger partial charge >= 0.3 is 18.0 Å². The number of carboxylic acid groups (broad SMARTS) is 1. The topological polar surface area (TPSA) is 95.9 Å². The zero-order valence-electron chi connectivity index (χ0n) is 7.94. The Hall–Kier alpha value is -1.79. The molecule has 0 aromatic carbocycles. The minimum absolute atomic E-state index is 0.220. The molecule has 0 radical (unpaired) electrons. The van der Waals surface area contributed by atoms with E-state index in [1.165, 1.54) is 14.2 Å². The number of nitrogens with zero attached hydrogens (tertiary/aromatic N) is 1. The molecule has 2 amide bonds. The van der Waals surface area contributed by atoms with Gasteiger partial charge in [0.15, 0.2) is 0 Å². The highest BCUT2D eigenvalue weighted by Gasteiger charge is 2.12. The Labute approximate surface area is 80.6 Å². The summed E-state index contributed by atoms with van der Waals surface area (Å²) in [5, 5.41) is 10.3. The lowest BCUT2D eigenvalue weighted by atomic mass is 10.5. The highest BCUT2D eigenvalue weighted by atomic mass is 16.5. The first-order chi connectivity index (χ1) is 6.47. The average Bonchev–Trinajstić information content (AvgIpc) is 2.13. The van der Waals surface area contributed by atoms with Gasteiger partial charge in [0.05, 0.1) is 7.11 Å². The normalized spacial score (nSPS) is 9.00. The van der Waals surface area contributed by atoms with E-state index in [2.05, 4.69) is 10.1 Å². The molecule has 0 bridgehead atoms. The van der Waals surface area contributed by atoms with E-state index in [0.717, 1.165) is 4.90 Å². The van der Waals surface area contributed by atoms with Crippen molar-refractivity contribution in [1.29, 1.82) is 0 Å². The lowest BCUT2D eigenvalue weighted by Gasteiger charge is -2.15. The fourth-order valence-electron chi connectivity index (χ4n) is 0.616. The number of esters is 1. The van der Waals surface area contributed by atoms with Gasteiger partial charge in [-0.2, -0.15) is 0 Å². The van der Waals surface area contributed by atoms with Gasteiger partial charge in [-0.3, -0.25) is 9.59 Å². The largest absolute Gasteiger partial charge is 0.480 e. The van der Waals surface area contributed by atoms with Crippen molar-refractivity contribution in [3.8, 4) is 0 Å². The zero-order chi connectivity index (χ0) is 11.1. The average molecular weight is 204 g/mol. The van der Waals surface area contributed by atoms with Crippen molar-refractivity contribution in [1.82, 2.24) is 10.2 Å². The van der Waals surface area contributed by atoms with Gasteiger partial charge in [0.1, 0.15) is 13.1 Å². The number of carbonyl (C=O) groups excluding carboxylic acids is 2. The maximum absolute atomic E-state index is 11.0. The molecule has 0 aliphatic rings.